The van der Waals surface area contributed by atoms with Crippen molar-refractivity contribution in [2.75, 3.05) is 26.4 Å². The number of allylic oxidation sites excluding steroid dienone is 2. The molecule has 320 valence electrons. The maximum Gasteiger partial charge on any atom is 0.472 e. The van der Waals surface area contributed by atoms with Crippen molar-refractivity contribution in [2.24, 2.45) is 0 Å². The number of hydrogen-bond acceptors (Lipinski definition) is 9. The normalized spacial score (nSPS) is 13.9. The molecule has 0 aromatic rings. The topological polar surface area (TPSA) is 149 Å². The number of aliphatic hydroxyl groups excluding tert-OH is 2. The summed E-state index contributed by atoms with van der Waals surface area (Å²) in [5.41, 5.74) is 0. The number of carbonyl (C=O) groups excluding carboxylic acids is 2. The van der Waals surface area contributed by atoms with Crippen LogP contribution in [0.3, 0.4) is 0 Å². The third-order valence-corrected chi connectivity index (χ3v) is 10.6. The monoisotopic (exact) mass is 791 g/mol. The van der Waals surface area contributed by atoms with Gasteiger partial charge in [-0.1, -0.05) is 174 Å². The van der Waals surface area contributed by atoms with E-state index in [-0.39, 0.29) is 19.4 Å². The molecule has 0 rings (SSSR count). The number of ether oxygens (including phenoxy) is 2. The Kier molecular flexibility index (Phi) is 39.0. The lowest BCUT2D eigenvalue weighted by Gasteiger charge is -2.20. The molecule has 3 atom stereocenters. The lowest BCUT2D eigenvalue weighted by molar-refractivity contribution is -0.161. The summed E-state index contributed by atoms with van der Waals surface area (Å²) in [6, 6.07) is 0. The number of aliphatic hydroxyl groups is 2. The largest absolute Gasteiger partial charge is 0.472 e. The molecule has 0 saturated heterocycles. The van der Waals surface area contributed by atoms with E-state index < -0.39 is 51.8 Å². The van der Waals surface area contributed by atoms with Crippen LogP contribution in [0.25, 0.3) is 0 Å². The second-order valence-electron chi connectivity index (χ2n) is 15.1. The number of esters is 2. The summed E-state index contributed by atoms with van der Waals surface area (Å²) < 4.78 is 32.7. The fraction of sp³-hybridized carbons (Fsp3) is 0.907. The van der Waals surface area contributed by atoms with Gasteiger partial charge in [0.05, 0.1) is 19.8 Å². The van der Waals surface area contributed by atoms with Crippen LogP contribution in [0.1, 0.15) is 213 Å². The second kappa shape index (κ2) is 39.9. The van der Waals surface area contributed by atoms with E-state index in [4.69, 9.17) is 23.6 Å². The zero-order valence-electron chi connectivity index (χ0n) is 34.7. The Bertz CT molecular complexity index is 915. The Labute approximate surface area is 330 Å². The van der Waals surface area contributed by atoms with Gasteiger partial charge in [-0.05, 0) is 38.5 Å². The van der Waals surface area contributed by atoms with Crippen LogP contribution in [-0.4, -0.2) is 65.7 Å². The molecule has 0 saturated carbocycles. The van der Waals surface area contributed by atoms with E-state index in [1.165, 1.54) is 128 Å². The molecule has 3 N–H and O–H groups in total. The molecule has 0 aromatic carbocycles. The first-order valence-electron chi connectivity index (χ1n) is 22.1. The summed E-state index contributed by atoms with van der Waals surface area (Å²) in [5.74, 6) is -0.919. The Hall–Kier alpha value is -1.29. The van der Waals surface area contributed by atoms with Crippen molar-refractivity contribution in [1.29, 1.82) is 0 Å². The van der Waals surface area contributed by atoms with Crippen molar-refractivity contribution in [3.05, 3.63) is 12.2 Å². The summed E-state index contributed by atoms with van der Waals surface area (Å²) in [6.07, 6.45) is 37.4. The van der Waals surface area contributed by atoms with Crippen LogP contribution in [0.15, 0.2) is 12.2 Å². The molecular weight excluding hydrogens is 707 g/mol. The van der Waals surface area contributed by atoms with Crippen LogP contribution < -0.4 is 0 Å². The molecule has 0 aliphatic rings. The van der Waals surface area contributed by atoms with Gasteiger partial charge in [0.25, 0.3) is 0 Å². The molecule has 11 heteroatoms. The zero-order chi connectivity index (χ0) is 39.8. The molecule has 0 radical (unpaired) electrons. The van der Waals surface area contributed by atoms with Gasteiger partial charge in [-0.2, -0.15) is 0 Å². The third kappa shape index (κ3) is 39.0. The Balaban J connectivity index is 4.25. The van der Waals surface area contributed by atoms with E-state index in [1.807, 2.05) is 0 Å². The molecule has 0 amide bonds. The van der Waals surface area contributed by atoms with Gasteiger partial charge in [0.15, 0.2) is 6.10 Å². The number of phosphoric acid groups is 1. The average Bonchev–Trinajstić information content (AvgIpc) is 3.16. The lowest BCUT2D eigenvalue weighted by atomic mass is 10.0. The smallest absolute Gasteiger partial charge is 0.462 e. The summed E-state index contributed by atoms with van der Waals surface area (Å²) in [5, 5.41) is 18.3. The van der Waals surface area contributed by atoms with Crippen LogP contribution in [0, 0.1) is 0 Å². The Morgan fingerprint density at radius 3 is 1.33 bits per heavy atom. The molecule has 1 unspecified atom stereocenters. The van der Waals surface area contributed by atoms with Crippen molar-refractivity contribution < 1.29 is 47.8 Å². The maximum atomic E-state index is 12.6. The fourth-order valence-corrected chi connectivity index (χ4v) is 7.01. The van der Waals surface area contributed by atoms with Crippen LogP contribution in [0.2, 0.25) is 0 Å². The van der Waals surface area contributed by atoms with E-state index in [2.05, 4.69) is 26.0 Å². The minimum atomic E-state index is -4.61. The van der Waals surface area contributed by atoms with Gasteiger partial charge < -0.3 is 24.6 Å². The number of unbranched alkanes of at least 4 members (excludes halogenated alkanes) is 26. The quantitative estimate of drug-likeness (QED) is 0.0236. The molecular formula is C43H83O10P. The van der Waals surface area contributed by atoms with Crippen LogP contribution in [0.4, 0.5) is 0 Å². The highest BCUT2D eigenvalue weighted by Gasteiger charge is 2.27. The van der Waals surface area contributed by atoms with Gasteiger partial charge in [0.1, 0.15) is 12.7 Å². The second-order valence-corrected chi connectivity index (χ2v) is 16.5. The molecule has 0 heterocycles. The first kappa shape index (κ1) is 52.7. The van der Waals surface area contributed by atoms with Crippen LogP contribution in [-0.2, 0) is 32.7 Å². The van der Waals surface area contributed by atoms with Crippen molar-refractivity contribution in [3.8, 4) is 0 Å². The highest BCUT2D eigenvalue weighted by molar-refractivity contribution is 7.47. The molecule has 10 nitrogen and oxygen atoms in total. The van der Waals surface area contributed by atoms with Gasteiger partial charge in [0.2, 0.25) is 0 Å². The Morgan fingerprint density at radius 1 is 0.537 bits per heavy atom. The van der Waals surface area contributed by atoms with E-state index in [1.54, 1.807) is 0 Å². The number of hydrogen-bond donors (Lipinski definition) is 3. The standard InChI is InChI=1S/C43H83O10P/c1-3-5-7-9-11-13-15-17-19-20-21-23-24-26-28-30-32-34-42(46)50-38-41(39-52-54(48,49)51-37-40(45)36-44)53-43(47)35-33-31-29-27-25-22-18-16-14-12-10-8-6-4-2/h17,19,40-41,44-45H,3-16,18,20-39H2,1-2H3,(H,48,49)/b19-17+/t40-,41+/m0/s1. The van der Waals surface area contributed by atoms with Crippen molar-refractivity contribution in [1.82, 2.24) is 0 Å². The summed E-state index contributed by atoms with van der Waals surface area (Å²) in [7, 11) is -4.61. The fourth-order valence-electron chi connectivity index (χ4n) is 6.22. The highest BCUT2D eigenvalue weighted by Crippen LogP contribution is 2.43. The van der Waals surface area contributed by atoms with Gasteiger partial charge in [-0.3, -0.25) is 18.6 Å². The zero-order valence-corrected chi connectivity index (χ0v) is 35.6. The number of phosphoric ester groups is 1. The Morgan fingerprint density at radius 2 is 0.907 bits per heavy atom. The van der Waals surface area contributed by atoms with Gasteiger partial charge in [-0.25, -0.2) is 4.57 Å². The van der Waals surface area contributed by atoms with Crippen LogP contribution >= 0.6 is 7.82 Å². The third-order valence-electron chi connectivity index (χ3n) is 9.67. The first-order chi connectivity index (χ1) is 26.2. The van der Waals surface area contributed by atoms with Gasteiger partial charge in [0, 0.05) is 12.8 Å². The molecule has 0 aromatic heterocycles. The summed E-state index contributed by atoms with van der Waals surface area (Å²) in [6.45, 7) is 2.40. The molecule has 54 heavy (non-hydrogen) atoms. The average molecular weight is 791 g/mol. The first-order valence-corrected chi connectivity index (χ1v) is 23.6. The van der Waals surface area contributed by atoms with E-state index in [9.17, 15) is 24.2 Å². The predicted octanol–water partition coefficient (Wildman–Crippen LogP) is 11.6. The molecule has 0 aliphatic heterocycles. The lowest BCUT2D eigenvalue weighted by Crippen LogP contribution is -2.29. The molecule has 0 aliphatic carbocycles. The SMILES string of the molecule is CCCCCCCC/C=C/CCCCCCCCCC(=O)OC[C@H](COP(=O)(O)OC[C@@H](O)CO)OC(=O)CCCCCCCCCCCCCCCC. The van der Waals surface area contributed by atoms with E-state index in [0.29, 0.717) is 12.8 Å². The number of rotatable bonds is 42. The molecule has 0 bridgehead atoms. The van der Waals surface area contributed by atoms with Gasteiger partial charge in [-0.15, -0.1) is 0 Å². The minimum absolute atomic E-state index is 0.189. The van der Waals surface area contributed by atoms with Crippen molar-refractivity contribution in [3.63, 3.8) is 0 Å². The molecule has 0 fully saturated rings. The maximum absolute atomic E-state index is 12.6. The number of carbonyl (C=O) groups is 2. The van der Waals surface area contributed by atoms with E-state index in [0.717, 1.165) is 44.9 Å². The van der Waals surface area contributed by atoms with E-state index >= 15 is 0 Å². The van der Waals surface area contributed by atoms with Crippen LogP contribution in [0.5, 0.6) is 0 Å². The molecule has 0 spiro atoms. The van der Waals surface area contributed by atoms with Gasteiger partial charge >= 0.3 is 19.8 Å². The highest BCUT2D eigenvalue weighted by atomic mass is 31.2. The predicted molar refractivity (Wildman–Crippen MR) is 219 cm³/mol. The summed E-state index contributed by atoms with van der Waals surface area (Å²) >= 11 is 0. The van der Waals surface area contributed by atoms with Crippen molar-refractivity contribution >= 4 is 19.8 Å². The minimum Gasteiger partial charge on any atom is -0.462 e. The summed E-state index contributed by atoms with van der Waals surface area (Å²) in [4.78, 5) is 35.0. The van der Waals surface area contributed by atoms with Crippen molar-refractivity contribution in [2.45, 2.75) is 225 Å².